The number of carbonyl (C=O) groups is 1. The number of hydrogen-bond donors (Lipinski definition) is 1. The van der Waals surface area contributed by atoms with E-state index in [1.165, 1.54) is 0 Å². The molecule has 0 saturated carbocycles. The number of para-hydroxylation sites is 1. The first-order valence-electron chi connectivity index (χ1n) is 9.11. The highest BCUT2D eigenvalue weighted by Crippen LogP contribution is 2.22. The van der Waals surface area contributed by atoms with Gasteiger partial charge in [0.1, 0.15) is 23.8 Å². The van der Waals surface area contributed by atoms with Crippen LogP contribution in [0.2, 0.25) is 0 Å². The number of β-amino-alcohol motifs (C(OH)–C–C–N with tert-alkyl or cyclic N) is 1. The van der Waals surface area contributed by atoms with Gasteiger partial charge in [-0.15, -0.1) is 0 Å². The average Bonchev–Trinajstić information content (AvgIpc) is 3.33. The monoisotopic (exact) mass is 353 g/mol. The third kappa shape index (κ3) is 3.51. The first-order chi connectivity index (χ1) is 12.7. The number of anilines is 1. The molecule has 2 aromatic rings. The van der Waals surface area contributed by atoms with Gasteiger partial charge < -0.3 is 19.6 Å². The SMILES string of the molecule is O=C(c1ccnc(N2CCCC2)c1)N1C[C@@H](O)[C@H](Oc2ccccc2)C1. The molecule has 0 bridgehead atoms. The number of aliphatic hydroxyl groups is 1. The summed E-state index contributed by atoms with van der Waals surface area (Å²) in [6.07, 6.45) is 2.90. The van der Waals surface area contributed by atoms with Crippen LogP contribution >= 0.6 is 0 Å². The third-order valence-corrected chi connectivity index (χ3v) is 4.98. The maximum Gasteiger partial charge on any atom is 0.254 e. The molecule has 2 atom stereocenters. The van der Waals surface area contributed by atoms with Crippen molar-refractivity contribution < 1.29 is 14.6 Å². The molecule has 0 radical (unpaired) electrons. The first-order valence-corrected chi connectivity index (χ1v) is 9.11. The van der Waals surface area contributed by atoms with E-state index >= 15 is 0 Å². The van der Waals surface area contributed by atoms with Crippen molar-refractivity contribution in [1.29, 1.82) is 0 Å². The summed E-state index contributed by atoms with van der Waals surface area (Å²) in [4.78, 5) is 21.1. The van der Waals surface area contributed by atoms with Gasteiger partial charge in [-0.05, 0) is 37.1 Å². The van der Waals surface area contributed by atoms with Gasteiger partial charge in [-0.3, -0.25) is 4.79 Å². The number of rotatable bonds is 4. The fourth-order valence-electron chi connectivity index (χ4n) is 3.57. The first kappa shape index (κ1) is 16.8. The predicted molar refractivity (Wildman–Crippen MR) is 98.5 cm³/mol. The Morgan fingerprint density at radius 2 is 1.88 bits per heavy atom. The number of amides is 1. The van der Waals surface area contributed by atoms with E-state index in [-0.39, 0.29) is 12.5 Å². The second kappa shape index (κ2) is 7.33. The molecule has 0 spiro atoms. The topological polar surface area (TPSA) is 65.9 Å². The van der Waals surface area contributed by atoms with Crippen molar-refractivity contribution in [1.82, 2.24) is 9.88 Å². The van der Waals surface area contributed by atoms with Crippen LogP contribution < -0.4 is 9.64 Å². The summed E-state index contributed by atoms with van der Waals surface area (Å²) >= 11 is 0. The molecule has 0 aliphatic carbocycles. The van der Waals surface area contributed by atoms with Crippen LogP contribution in [-0.2, 0) is 0 Å². The predicted octanol–water partition coefficient (Wildman–Crippen LogP) is 1.95. The van der Waals surface area contributed by atoms with Crippen molar-refractivity contribution in [3.8, 4) is 5.75 Å². The minimum atomic E-state index is -0.695. The number of benzene rings is 1. The summed E-state index contributed by atoms with van der Waals surface area (Å²) in [5.74, 6) is 1.46. The Morgan fingerprint density at radius 1 is 1.12 bits per heavy atom. The summed E-state index contributed by atoms with van der Waals surface area (Å²) in [6.45, 7) is 2.62. The molecule has 6 heteroatoms. The van der Waals surface area contributed by atoms with E-state index in [0.717, 1.165) is 31.7 Å². The highest BCUT2D eigenvalue weighted by molar-refractivity contribution is 5.95. The van der Waals surface area contributed by atoms with E-state index in [4.69, 9.17) is 4.74 Å². The van der Waals surface area contributed by atoms with Gasteiger partial charge >= 0.3 is 0 Å². The highest BCUT2D eigenvalue weighted by atomic mass is 16.5. The largest absolute Gasteiger partial charge is 0.486 e. The molecule has 136 valence electrons. The quantitative estimate of drug-likeness (QED) is 0.910. The van der Waals surface area contributed by atoms with Crippen molar-refractivity contribution in [2.45, 2.75) is 25.0 Å². The molecule has 4 rings (SSSR count). The van der Waals surface area contributed by atoms with Gasteiger partial charge in [0, 0.05) is 24.8 Å². The van der Waals surface area contributed by atoms with Crippen LogP contribution in [0, 0.1) is 0 Å². The third-order valence-electron chi connectivity index (χ3n) is 4.98. The van der Waals surface area contributed by atoms with E-state index in [0.29, 0.717) is 17.9 Å². The maximum absolute atomic E-state index is 12.9. The number of carbonyl (C=O) groups excluding carboxylic acids is 1. The molecule has 1 amide bonds. The Morgan fingerprint density at radius 3 is 2.65 bits per heavy atom. The van der Waals surface area contributed by atoms with Crippen LogP contribution in [-0.4, -0.2) is 59.3 Å². The minimum absolute atomic E-state index is 0.0916. The summed E-state index contributed by atoms with van der Waals surface area (Å²) in [7, 11) is 0. The lowest BCUT2D eigenvalue weighted by molar-refractivity contribution is 0.0729. The maximum atomic E-state index is 12.9. The molecule has 2 fully saturated rings. The standard InChI is InChI=1S/C20H23N3O3/c24-17-13-23(14-18(17)26-16-6-2-1-3-7-16)20(25)15-8-9-21-19(12-15)22-10-4-5-11-22/h1-3,6-9,12,17-18,24H,4-5,10-11,13-14H2/t17-,18-/m1/s1. The molecule has 0 unspecified atom stereocenters. The van der Waals surface area contributed by atoms with Crippen molar-refractivity contribution in [3.63, 3.8) is 0 Å². The zero-order valence-electron chi connectivity index (χ0n) is 14.6. The summed E-state index contributed by atoms with van der Waals surface area (Å²) in [5, 5.41) is 10.3. The van der Waals surface area contributed by atoms with Gasteiger partial charge in [-0.1, -0.05) is 18.2 Å². The number of hydrogen-bond acceptors (Lipinski definition) is 5. The van der Waals surface area contributed by atoms with Gasteiger partial charge in [0.2, 0.25) is 0 Å². The second-order valence-electron chi connectivity index (χ2n) is 6.84. The fraction of sp³-hybridized carbons (Fsp3) is 0.400. The Balaban J connectivity index is 1.44. The number of nitrogens with zero attached hydrogens (tertiary/aromatic N) is 3. The van der Waals surface area contributed by atoms with E-state index < -0.39 is 12.2 Å². The van der Waals surface area contributed by atoms with Crippen LogP contribution in [0.25, 0.3) is 0 Å². The smallest absolute Gasteiger partial charge is 0.254 e. The van der Waals surface area contributed by atoms with Crippen LogP contribution in [0.3, 0.4) is 0 Å². The molecule has 6 nitrogen and oxygen atoms in total. The molecular formula is C20H23N3O3. The van der Waals surface area contributed by atoms with Crippen molar-refractivity contribution in [2.24, 2.45) is 0 Å². The van der Waals surface area contributed by atoms with E-state index in [1.807, 2.05) is 36.4 Å². The molecule has 1 N–H and O–H groups in total. The molecule has 26 heavy (non-hydrogen) atoms. The Kier molecular flexibility index (Phi) is 4.75. The second-order valence-corrected chi connectivity index (χ2v) is 6.84. The van der Waals surface area contributed by atoms with E-state index in [9.17, 15) is 9.90 Å². The number of likely N-dealkylation sites (tertiary alicyclic amines) is 1. The van der Waals surface area contributed by atoms with Crippen molar-refractivity contribution in [2.75, 3.05) is 31.1 Å². The highest BCUT2D eigenvalue weighted by Gasteiger charge is 2.36. The Hall–Kier alpha value is -2.60. The Bertz CT molecular complexity index is 762. The number of ether oxygens (including phenoxy) is 1. The zero-order valence-corrected chi connectivity index (χ0v) is 14.6. The molecule has 1 aromatic carbocycles. The van der Waals surface area contributed by atoms with Gasteiger partial charge in [0.25, 0.3) is 5.91 Å². The van der Waals surface area contributed by atoms with Crippen LogP contribution in [0.4, 0.5) is 5.82 Å². The minimum Gasteiger partial charge on any atom is -0.486 e. The van der Waals surface area contributed by atoms with Gasteiger partial charge in [-0.25, -0.2) is 4.98 Å². The van der Waals surface area contributed by atoms with Gasteiger partial charge in [0.15, 0.2) is 0 Å². The molecular weight excluding hydrogens is 330 g/mol. The lowest BCUT2D eigenvalue weighted by Crippen LogP contribution is -2.31. The van der Waals surface area contributed by atoms with Gasteiger partial charge in [0.05, 0.1) is 13.1 Å². The lowest BCUT2D eigenvalue weighted by Gasteiger charge is -2.19. The molecule has 3 heterocycles. The van der Waals surface area contributed by atoms with Crippen molar-refractivity contribution in [3.05, 3.63) is 54.2 Å². The van der Waals surface area contributed by atoms with Crippen molar-refractivity contribution >= 4 is 11.7 Å². The number of pyridine rings is 1. The zero-order chi connectivity index (χ0) is 17.9. The van der Waals surface area contributed by atoms with Crippen LogP contribution in [0.5, 0.6) is 5.75 Å². The number of aromatic nitrogens is 1. The average molecular weight is 353 g/mol. The Labute approximate surface area is 153 Å². The van der Waals surface area contributed by atoms with Crippen LogP contribution in [0.15, 0.2) is 48.7 Å². The molecule has 1 aromatic heterocycles. The lowest BCUT2D eigenvalue weighted by atomic mass is 10.2. The number of aliphatic hydroxyl groups excluding tert-OH is 1. The van der Waals surface area contributed by atoms with E-state index in [2.05, 4.69) is 9.88 Å². The van der Waals surface area contributed by atoms with Crippen LogP contribution in [0.1, 0.15) is 23.2 Å². The summed E-state index contributed by atoms with van der Waals surface area (Å²) < 4.78 is 5.84. The molecule has 2 aliphatic rings. The molecule has 2 saturated heterocycles. The fourth-order valence-corrected chi connectivity index (χ4v) is 3.57. The summed E-state index contributed by atoms with van der Waals surface area (Å²) in [6, 6.07) is 13.0. The van der Waals surface area contributed by atoms with Gasteiger partial charge in [-0.2, -0.15) is 0 Å². The molecule has 2 aliphatic heterocycles. The summed E-state index contributed by atoms with van der Waals surface area (Å²) in [5.41, 5.74) is 0.606. The van der Waals surface area contributed by atoms with E-state index in [1.54, 1.807) is 17.2 Å². The normalized spacial score (nSPS) is 22.7.